The molecule has 1 fully saturated rings. The molecule has 5 rings (SSSR count). The van der Waals surface area contributed by atoms with Crippen LogP contribution >= 0.6 is 0 Å². The lowest BCUT2D eigenvalue weighted by Gasteiger charge is -2.39. The average Bonchev–Trinajstić information content (AvgIpc) is 3.26. The standard InChI is InChI=1S/C34H46N8O2/c1-8-18-41-31(43)26-23-35-32(38-30(26)42(41)29-12-10-11-28(37-29)33(4,5)44)36-25-13-14-27(24(3)22-25)40(9-2)21-17-34(6)15-19-39(7)20-16-34/h8,10-14,22-23,44H,1,9,15-21H2,2-7H3,(H,35,36,38). The van der Waals surface area contributed by atoms with Gasteiger partial charge in [0.25, 0.3) is 5.56 Å². The number of likely N-dealkylation sites (tertiary alicyclic amines) is 1. The Labute approximate surface area is 260 Å². The second-order valence-electron chi connectivity index (χ2n) is 12.9. The summed E-state index contributed by atoms with van der Waals surface area (Å²) in [5.74, 6) is 0.840. The zero-order valence-electron chi connectivity index (χ0n) is 27.0. The molecule has 1 aliphatic heterocycles. The SMILES string of the molecule is C=CCn1c(=O)c2cnc(Nc3ccc(N(CC)CCC4(C)CCN(C)CC4)c(C)c3)nc2n1-c1cccc(C(C)(C)O)n1. The highest BCUT2D eigenvalue weighted by Gasteiger charge is 2.29. The summed E-state index contributed by atoms with van der Waals surface area (Å²) in [5, 5.41) is 14.3. The fourth-order valence-corrected chi connectivity index (χ4v) is 5.97. The van der Waals surface area contributed by atoms with Crippen LogP contribution in [0.5, 0.6) is 0 Å². The average molecular weight is 599 g/mol. The van der Waals surface area contributed by atoms with Crippen molar-refractivity contribution in [2.24, 2.45) is 5.41 Å². The summed E-state index contributed by atoms with van der Waals surface area (Å²) >= 11 is 0. The van der Waals surface area contributed by atoms with Crippen LogP contribution in [0.2, 0.25) is 0 Å². The Bertz CT molecular complexity index is 1690. The van der Waals surface area contributed by atoms with Crippen LogP contribution in [0.15, 0.2) is 60.0 Å². The molecular formula is C34H46N8O2. The van der Waals surface area contributed by atoms with Crippen molar-refractivity contribution >= 4 is 28.4 Å². The van der Waals surface area contributed by atoms with Gasteiger partial charge in [0.2, 0.25) is 5.95 Å². The summed E-state index contributed by atoms with van der Waals surface area (Å²) in [7, 11) is 2.21. The molecule has 44 heavy (non-hydrogen) atoms. The minimum atomic E-state index is -1.15. The molecule has 0 atom stereocenters. The van der Waals surface area contributed by atoms with Gasteiger partial charge in [-0.2, -0.15) is 4.98 Å². The molecule has 0 amide bonds. The highest BCUT2D eigenvalue weighted by Crippen LogP contribution is 2.35. The Balaban J connectivity index is 1.42. The number of hydrogen-bond donors (Lipinski definition) is 2. The zero-order chi connectivity index (χ0) is 31.6. The zero-order valence-corrected chi connectivity index (χ0v) is 27.0. The van der Waals surface area contributed by atoms with Crippen LogP contribution in [0.1, 0.15) is 58.2 Å². The molecule has 1 aromatic carbocycles. The number of pyridine rings is 1. The van der Waals surface area contributed by atoms with Gasteiger partial charge in [-0.3, -0.25) is 4.79 Å². The Morgan fingerprint density at radius 1 is 1.18 bits per heavy atom. The fraction of sp³-hybridized carbons (Fsp3) is 0.471. The predicted molar refractivity (Wildman–Crippen MR) is 178 cm³/mol. The molecule has 0 unspecified atom stereocenters. The van der Waals surface area contributed by atoms with Crippen molar-refractivity contribution in [1.82, 2.24) is 29.2 Å². The minimum Gasteiger partial charge on any atom is -0.384 e. The molecular weight excluding hydrogens is 552 g/mol. The third-order valence-electron chi connectivity index (χ3n) is 8.91. The van der Waals surface area contributed by atoms with Gasteiger partial charge in [0.1, 0.15) is 11.0 Å². The van der Waals surface area contributed by atoms with Crippen molar-refractivity contribution in [2.75, 3.05) is 43.4 Å². The number of nitrogens with one attached hydrogen (secondary N) is 1. The van der Waals surface area contributed by atoms with Crippen LogP contribution in [-0.4, -0.2) is 67.5 Å². The topological polar surface area (TPSA) is 104 Å². The first-order valence-corrected chi connectivity index (χ1v) is 15.5. The van der Waals surface area contributed by atoms with E-state index in [2.05, 4.69) is 77.7 Å². The highest BCUT2D eigenvalue weighted by molar-refractivity contribution is 5.77. The molecule has 10 nitrogen and oxygen atoms in total. The first-order valence-electron chi connectivity index (χ1n) is 15.5. The molecule has 0 saturated carbocycles. The summed E-state index contributed by atoms with van der Waals surface area (Å²) in [6.07, 6.45) is 6.88. The summed E-state index contributed by atoms with van der Waals surface area (Å²) in [6, 6.07) is 11.7. The number of aryl methyl sites for hydroxylation is 1. The third-order valence-corrected chi connectivity index (χ3v) is 8.91. The first-order chi connectivity index (χ1) is 20.9. The van der Waals surface area contributed by atoms with E-state index in [1.807, 2.05) is 6.07 Å². The minimum absolute atomic E-state index is 0.240. The van der Waals surface area contributed by atoms with Gasteiger partial charge in [0, 0.05) is 30.7 Å². The number of aromatic nitrogens is 5. The maximum atomic E-state index is 13.3. The lowest BCUT2D eigenvalue weighted by Crippen LogP contribution is -2.38. The van der Waals surface area contributed by atoms with Gasteiger partial charge in [-0.05, 0) is 108 Å². The third kappa shape index (κ3) is 6.56. The van der Waals surface area contributed by atoms with Gasteiger partial charge in [0.15, 0.2) is 11.5 Å². The van der Waals surface area contributed by atoms with Crippen LogP contribution in [0, 0.1) is 12.3 Å². The van der Waals surface area contributed by atoms with Crippen molar-refractivity contribution in [2.45, 2.75) is 66.0 Å². The van der Waals surface area contributed by atoms with Gasteiger partial charge in [-0.1, -0.05) is 19.1 Å². The van der Waals surface area contributed by atoms with E-state index in [1.54, 1.807) is 42.9 Å². The van der Waals surface area contributed by atoms with Gasteiger partial charge >= 0.3 is 0 Å². The van der Waals surface area contributed by atoms with Crippen LogP contribution in [0.25, 0.3) is 16.9 Å². The van der Waals surface area contributed by atoms with E-state index in [1.165, 1.54) is 48.3 Å². The van der Waals surface area contributed by atoms with Crippen molar-refractivity contribution < 1.29 is 5.11 Å². The van der Waals surface area contributed by atoms with E-state index >= 15 is 0 Å². The molecule has 4 aromatic rings. The Kier molecular flexibility index (Phi) is 8.95. The van der Waals surface area contributed by atoms with Gasteiger partial charge in [-0.15, -0.1) is 6.58 Å². The van der Waals surface area contributed by atoms with Crippen LogP contribution in [0.4, 0.5) is 17.3 Å². The fourth-order valence-electron chi connectivity index (χ4n) is 5.97. The van der Waals surface area contributed by atoms with Crippen LogP contribution in [0.3, 0.4) is 0 Å². The number of aliphatic hydroxyl groups is 1. The second-order valence-corrected chi connectivity index (χ2v) is 12.9. The number of allylic oxidation sites excluding steroid dienone is 1. The molecule has 0 aliphatic carbocycles. The Hall–Kier alpha value is -4.02. The van der Waals surface area contributed by atoms with Crippen molar-refractivity contribution in [3.05, 3.63) is 76.9 Å². The smallest absolute Gasteiger partial charge is 0.278 e. The Morgan fingerprint density at radius 3 is 2.59 bits per heavy atom. The summed E-state index contributed by atoms with van der Waals surface area (Å²) in [6.45, 7) is 18.6. The lowest BCUT2D eigenvalue weighted by atomic mass is 9.77. The second kappa shape index (κ2) is 12.5. The van der Waals surface area contributed by atoms with Crippen molar-refractivity contribution in [3.8, 4) is 5.82 Å². The molecule has 3 aromatic heterocycles. The summed E-state index contributed by atoms with van der Waals surface area (Å²) in [4.78, 5) is 32.1. The molecule has 2 N–H and O–H groups in total. The molecule has 0 bridgehead atoms. The van der Waals surface area contributed by atoms with Crippen molar-refractivity contribution in [1.29, 1.82) is 0 Å². The van der Waals surface area contributed by atoms with Crippen molar-refractivity contribution in [3.63, 3.8) is 0 Å². The number of piperidine rings is 1. The monoisotopic (exact) mass is 598 g/mol. The maximum Gasteiger partial charge on any atom is 0.278 e. The molecule has 4 heterocycles. The van der Waals surface area contributed by atoms with Gasteiger partial charge in [-0.25, -0.2) is 19.3 Å². The van der Waals surface area contributed by atoms with Gasteiger partial charge < -0.3 is 20.2 Å². The van der Waals surface area contributed by atoms with E-state index in [4.69, 9.17) is 4.98 Å². The van der Waals surface area contributed by atoms with E-state index in [0.29, 0.717) is 33.9 Å². The highest BCUT2D eigenvalue weighted by atomic mass is 16.3. The molecule has 0 spiro atoms. The largest absolute Gasteiger partial charge is 0.384 e. The summed E-state index contributed by atoms with van der Waals surface area (Å²) in [5.41, 5.74) is 3.18. The number of rotatable bonds is 11. The van der Waals surface area contributed by atoms with Crippen LogP contribution in [-0.2, 0) is 12.1 Å². The number of hydrogen-bond acceptors (Lipinski definition) is 8. The summed E-state index contributed by atoms with van der Waals surface area (Å²) < 4.78 is 3.19. The maximum absolute atomic E-state index is 13.3. The first kappa shape index (κ1) is 31.4. The van der Waals surface area contributed by atoms with E-state index in [9.17, 15) is 9.90 Å². The number of fused-ring (bicyclic) bond motifs is 1. The van der Waals surface area contributed by atoms with Gasteiger partial charge in [0.05, 0.1) is 12.2 Å². The molecule has 234 valence electrons. The number of benzene rings is 1. The van der Waals surface area contributed by atoms with Crippen LogP contribution < -0.4 is 15.8 Å². The van der Waals surface area contributed by atoms with E-state index in [0.717, 1.165) is 18.8 Å². The molecule has 1 aliphatic rings. The molecule has 0 radical (unpaired) electrons. The molecule has 1 saturated heterocycles. The quantitative estimate of drug-likeness (QED) is 0.222. The number of nitrogens with zero attached hydrogens (tertiary/aromatic N) is 7. The van der Waals surface area contributed by atoms with E-state index < -0.39 is 5.60 Å². The lowest BCUT2D eigenvalue weighted by molar-refractivity contribution is 0.0738. The Morgan fingerprint density at radius 2 is 1.93 bits per heavy atom. The normalized spacial score (nSPS) is 15.4. The molecule has 10 heteroatoms. The van der Waals surface area contributed by atoms with E-state index in [-0.39, 0.29) is 12.1 Å². The number of anilines is 3. The predicted octanol–water partition coefficient (Wildman–Crippen LogP) is 5.39.